The van der Waals surface area contributed by atoms with E-state index in [2.05, 4.69) is 17.3 Å². The van der Waals surface area contributed by atoms with Gasteiger partial charge in [-0.05, 0) is 0 Å². The lowest BCUT2D eigenvalue weighted by Crippen LogP contribution is -2.09. The number of carbonyl (C=O) groups is 1. The first-order valence-electron chi connectivity index (χ1n) is 1.91. The number of carboxylic acids is 1. The lowest BCUT2D eigenvalue weighted by molar-refractivity contribution is -0.133. The molecule has 0 spiro atoms. The zero-order valence-corrected chi connectivity index (χ0v) is 4.26. The zero-order chi connectivity index (χ0) is 6.57. The highest BCUT2D eigenvalue weighted by Crippen LogP contribution is 1.86. The number of rotatable bonds is 3. The zero-order valence-electron chi connectivity index (χ0n) is 4.26. The van der Waals surface area contributed by atoms with Gasteiger partial charge in [0.15, 0.2) is 0 Å². The third kappa shape index (κ3) is 2.33. The van der Waals surface area contributed by atoms with Crippen LogP contribution in [0.3, 0.4) is 0 Å². The van der Waals surface area contributed by atoms with Gasteiger partial charge in [0.2, 0.25) is 0 Å². The molecule has 0 aromatic rings. The molecule has 0 aliphatic heterocycles. The van der Waals surface area contributed by atoms with Gasteiger partial charge in [-0.25, -0.2) is 10.7 Å². The summed E-state index contributed by atoms with van der Waals surface area (Å²) in [5, 5.41) is 8.08. The van der Waals surface area contributed by atoms with Crippen LogP contribution >= 0.6 is 0 Å². The molecule has 0 saturated carbocycles. The SMILES string of the molecule is C=C(CON)C(=O)O. The number of aliphatic carboxylic acids is 1. The second-order valence-corrected chi connectivity index (χ2v) is 1.22. The van der Waals surface area contributed by atoms with Gasteiger partial charge in [-0.2, -0.15) is 0 Å². The molecule has 0 radical (unpaired) electrons. The van der Waals surface area contributed by atoms with E-state index in [-0.39, 0.29) is 12.2 Å². The topological polar surface area (TPSA) is 72.5 Å². The van der Waals surface area contributed by atoms with Crippen LogP contribution in [-0.2, 0) is 9.63 Å². The summed E-state index contributed by atoms with van der Waals surface area (Å²) < 4.78 is 0. The van der Waals surface area contributed by atoms with E-state index in [0.29, 0.717) is 0 Å². The Hall–Kier alpha value is -0.870. The van der Waals surface area contributed by atoms with E-state index < -0.39 is 5.97 Å². The average Bonchev–Trinajstić information content (AvgIpc) is 1.67. The highest BCUT2D eigenvalue weighted by Gasteiger charge is 2.00. The number of carboxylic acid groups (broad SMARTS) is 1. The predicted molar refractivity (Wildman–Crippen MR) is 26.9 cm³/mol. The minimum Gasteiger partial charge on any atom is -0.478 e. The van der Waals surface area contributed by atoms with E-state index in [0.717, 1.165) is 0 Å². The Morgan fingerprint density at radius 3 is 2.50 bits per heavy atom. The van der Waals surface area contributed by atoms with Crippen LogP contribution in [0.25, 0.3) is 0 Å². The summed E-state index contributed by atoms with van der Waals surface area (Å²) in [4.78, 5) is 13.8. The van der Waals surface area contributed by atoms with Gasteiger partial charge >= 0.3 is 5.97 Å². The van der Waals surface area contributed by atoms with Crippen LogP contribution in [0.5, 0.6) is 0 Å². The molecule has 3 N–H and O–H groups in total. The lowest BCUT2D eigenvalue weighted by atomic mass is 10.3. The molecule has 0 aliphatic carbocycles. The Balaban J connectivity index is 3.49. The number of nitrogens with two attached hydrogens (primary N) is 1. The largest absolute Gasteiger partial charge is 0.478 e. The molecule has 0 atom stereocenters. The second kappa shape index (κ2) is 3.17. The summed E-state index contributed by atoms with van der Waals surface area (Å²) in [6.45, 7) is 3.01. The molecule has 4 nitrogen and oxygen atoms in total. The molecule has 0 rings (SSSR count). The van der Waals surface area contributed by atoms with Crippen molar-refractivity contribution in [3.63, 3.8) is 0 Å². The summed E-state index contributed by atoms with van der Waals surface area (Å²) in [6, 6.07) is 0. The van der Waals surface area contributed by atoms with Crippen molar-refractivity contribution in [1.29, 1.82) is 0 Å². The first kappa shape index (κ1) is 7.13. The highest BCUT2D eigenvalue weighted by atomic mass is 16.6. The quantitative estimate of drug-likeness (QED) is 0.386. The third-order valence-corrected chi connectivity index (χ3v) is 0.560. The lowest BCUT2D eigenvalue weighted by Gasteiger charge is -1.93. The van der Waals surface area contributed by atoms with Gasteiger partial charge in [-0.1, -0.05) is 6.58 Å². The molecule has 0 aromatic carbocycles. The van der Waals surface area contributed by atoms with Gasteiger partial charge in [-0.15, -0.1) is 0 Å². The van der Waals surface area contributed by atoms with Gasteiger partial charge in [-0.3, -0.25) is 4.84 Å². The van der Waals surface area contributed by atoms with Crippen molar-refractivity contribution in [2.75, 3.05) is 6.61 Å². The van der Waals surface area contributed by atoms with E-state index in [9.17, 15) is 4.79 Å². The molecule has 0 saturated heterocycles. The predicted octanol–water partition coefficient (Wildman–Crippen LogP) is -0.482. The van der Waals surface area contributed by atoms with E-state index >= 15 is 0 Å². The fourth-order valence-corrected chi connectivity index (χ4v) is 0.162. The molecule has 4 heteroatoms. The summed E-state index contributed by atoms with van der Waals surface area (Å²) in [6.07, 6.45) is 0. The van der Waals surface area contributed by atoms with Crippen molar-refractivity contribution in [3.05, 3.63) is 12.2 Å². The van der Waals surface area contributed by atoms with Crippen LogP contribution in [0, 0.1) is 0 Å². The van der Waals surface area contributed by atoms with Gasteiger partial charge in [0.05, 0.1) is 12.2 Å². The molecule has 0 aliphatic rings. The highest BCUT2D eigenvalue weighted by molar-refractivity contribution is 5.85. The summed E-state index contributed by atoms with van der Waals surface area (Å²) in [5.41, 5.74) is -0.0486. The molecular formula is C4H7NO3. The van der Waals surface area contributed by atoms with Crippen molar-refractivity contribution in [2.24, 2.45) is 5.90 Å². The maximum Gasteiger partial charge on any atom is 0.333 e. The van der Waals surface area contributed by atoms with Gasteiger partial charge in [0.25, 0.3) is 0 Å². The monoisotopic (exact) mass is 117 g/mol. The van der Waals surface area contributed by atoms with Crippen molar-refractivity contribution >= 4 is 5.97 Å². The molecule has 0 fully saturated rings. The van der Waals surface area contributed by atoms with Crippen molar-refractivity contribution in [3.8, 4) is 0 Å². The molecule has 0 amide bonds. The Kier molecular flexibility index (Phi) is 2.83. The minimum absolute atomic E-state index is 0.0486. The second-order valence-electron chi connectivity index (χ2n) is 1.22. The van der Waals surface area contributed by atoms with E-state index in [1.165, 1.54) is 0 Å². The summed E-state index contributed by atoms with van der Waals surface area (Å²) in [5.74, 6) is 3.46. The Labute approximate surface area is 46.5 Å². The molecular weight excluding hydrogens is 110 g/mol. The molecule has 0 aromatic heterocycles. The first-order valence-corrected chi connectivity index (χ1v) is 1.91. The van der Waals surface area contributed by atoms with Crippen LogP contribution < -0.4 is 5.90 Å². The van der Waals surface area contributed by atoms with Crippen molar-refractivity contribution in [1.82, 2.24) is 0 Å². The fraction of sp³-hybridized carbons (Fsp3) is 0.250. The minimum atomic E-state index is -1.09. The van der Waals surface area contributed by atoms with Crippen LogP contribution in [-0.4, -0.2) is 17.7 Å². The molecule has 0 bridgehead atoms. The Bertz CT molecular complexity index is 110. The fourth-order valence-electron chi connectivity index (χ4n) is 0.162. The van der Waals surface area contributed by atoms with Gasteiger partial charge in [0.1, 0.15) is 0 Å². The molecule has 0 unspecified atom stereocenters. The number of hydrogen-bond donors (Lipinski definition) is 2. The third-order valence-electron chi connectivity index (χ3n) is 0.560. The standard InChI is InChI=1S/C4H7NO3/c1-3(2-8-5)4(6)7/h1-2,5H2,(H,6,7). The Morgan fingerprint density at radius 2 is 2.38 bits per heavy atom. The van der Waals surface area contributed by atoms with Crippen LogP contribution in [0.15, 0.2) is 12.2 Å². The van der Waals surface area contributed by atoms with Crippen LogP contribution in [0.1, 0.15) is 0 Å². The van der Waals surface area contributed by atoms with E-state index in [4.69, 9.17) is 5.11 Å². The van der Waals surface area contributed by atoms with Crippen LogP contribution in [0.4, 0.5) is 0 Å². The normalized spacial score (nSPS) is 8.62. The van der Waals surface area contributed by atoms with Crippen molar-refractivity contribution < 1.29 is 14.7 Å². The maximum absolute atomic E-state index is 9.85. The molecule has 0 heterocycles. The smallest absolute Gasteiger partial charge is 0.333 e. The van der Waals surface area contributed by atoms with Crippen LogP contribution in [0.2, 0.25) is 0 Å². The molecule has 46 valence electrons. The maximum atomic E-state index is 9.85. The summed E-state index contributed by atoms with van der Waals surface area (Å²) >= 11 is 0. The van der Waals surface area contributed by atoms with Gasteiger partial charge < -0.3 is 5.11 Å². The Morgan fingerprint density at radius 1 is 1.88 bits per heavy atom. The van der Waals surface area contributed by atoms with Gasteiger partial charge in [0, 0.05) is 0 Å². The van der Waals surface area contributed by atoms with Crippen molar-refractivity contribution in [2.45, 2.75) is 0 Å². The van der Waals surface area contributed by atoms with E-state index in [1.54, 1.807) is 0 Å². The first-order chi connectivity index (χ1) is 3.68. The van der Waals surface area contributed by atoms with E-state index in [1.807, 2.05) is 0 Å². The number of hydrogen-bond acceptors (Lipinski definition) is 3. The summed E-state index contributed by atoms with van der Waals surface area (Å²) in [7, 11) is 0. The molecule has 8 heavy (non-hydrogen) atoms. The average molecular weight is 117 g/mol.